The van der Waals surface area contributed by atoms with Crippen molar-refractivity contribution < 1.29 is 9.63 Å². The lowest BCUT2D eigenvalue weighted by Gasteiger charge is -2.21. The first kappa shape index (κ1) is 11.7. The maximum absolute atomic E-state index is 9.68. The minimum absolute atomic E-state index is 0.0156. The molecule has 0 aromatic carbocycles. The number of hydrogen-bond acceptors (Lipinski definition) is 4. The summed E-state index contributed by atoms with van der Waals surface area (Å²) in [5.74, 6) is 0.466. The molecule has 0 aliphatic carbocycles. The second kappa shape index (κ2) is 4.42. The minimum atomic E-state index is -0.659. The van der Waals surface area contributed by atoms with Crippen LogP contribution in [0.15, 0.2) is 15.2 Å². The van der Waals surface area contributed by atoms with Crippen molar-refractivity contribution in [2.24, 2.45) is 0 Å². The fourth-order valence-corrected chi connectivity index (χ4v) is 1.22. The Labute approximate surface area is 91.8 Å². The smallest absolute Gasteiger partial charge is 0.167 e. The second-order valence-corrected chi connectivity index (χ2v) is 5.01. The molecule has 0 spiro atoms. The number of nitrogens with one attached hydrogen (secondary N) is 1. The molecule has 0 unspecified atom stereocenters. The van der Waals surface area contributed by atoms with Crippen LogP contribution in [0, 0.1) is 0 Å². The van der Waals surface area contributed by atoms with E-state index in [1.807, 2.05) is 20.8 Å². The first-order valence-electron chi connectivity index (χ1n) is 4.44. The minimum Gasteiger partial charge on any atom is -0.384 e. The number of aliphatic hydroxyl groups excluding tert-OH is 1. The third-order valence-corrected chi connectivity index (χ3v) is 2.03. The van der Waals surface area contributed by atoms with Gasteiger partial charge in [0.1, 0.15) is 10.7 Å². The molecule has 2 N–H and O–H groups in total. The van der Waals surface area contributed by atoms with E-state index < -0.39 is 6.10 Å². The molecule has 0 saturated carbocycles. The van der Waals surface area contributed by atoms with Gasteiger partial charge in [0.2, 0.25) is 0 Å². The summed E-state index contributed by atoms with van der Waals surface area (Å²) in [6.45, 7) is 6.56. The zero-order chi connectivity index (χ0) is 10.8. The highest BCUT2D eigenvalue weighted by Gasteiger charge is 2.16. The number of rotatable bonds is 3. The van der Waals surface area contributed by atoms with Crippen LogP contribution < -0.4 is 5.32 Å². The maximum atomic E-state index is 9.68. The average molecular weight is 263 g/mol. The zero-order valence-electron chi connectivity index (χ0n) is 8.54. The third-order valence-electron chi connectivity index (χ3n) is 1.65. The van der Waals surface area contributed by atoms with Gasteiger partial charge in [0.05, 0.1) is 0 Å². The van der Waals surface area contributed by atoms with Crippen molar-refractivity contribution in [3.63, 3.8) is 0 Å². The van der Waals surface area contributed by atoms with E-state index in [-0.39, 0.29) is 5.54 Å². The molecule has 0 amide bonds. The third kappa shape index (κ3) is 3.77. The summed E-state index contributed by atoms with van der Waals surface area (Å²) >= 11 is 3.15. The van der Waals surface area contributed by atoms with Crippen LogP contribution in [0.1, 0.15) is 32.6 Å². The Morgan fingerprint density at radius 1 is 1.64 bits per heavy atom. The van der Waals surface area contributed by atoms with Gasteiger partial charge in [-0.25, -0.2) is 0 Å². The highest BCUT2D eigenvalue weighted by atomic mass is 79.9. The molecule has 0 aliphatic rings. The van der Waals surface area contributed by atoms with Crippen LogP contribution in [-0.4, -0.2) is 22.3 Å². The summed E-state index contributed by atoms with van der Waals surface area (Å²) in [5, 5.41) is 16.5. The lowest BCUT2D eigenvalue weighted by molar-refractivity contribution is 0.129. The van der Waals surface area contributed by atoms with Gasteiger partial charge in [0, 0.05) is 18.2 Å². The van der Waals surface area contributed by atoms with E-state index in [1.165, 1.54) is 0 Å². The second-order valence-electron chi connectivity index (χ2n) is 4.20. The van der Waals surface area contributed by atoms with E-state index in [0.29, 0.717) is 16.9 Å². The largest absolute Gasteiger partial charge is 0.384 e. The quantitative estimate of drug-likeness (QED) is 0.873. The molecule has 1 aromatic rings. The first-order chi connectivity index (χ1) is 6.38. The first-order valence-corrected chi connectivity index (χ1v) is 5.23. The molecule has 0 fully saturated rings. The Balaban J connectivity index is 2.47. The van der Waals surface area contributed by atoms with Crippen LogP contribution in [0.25, 0.3) is 0 Å². The SMILES string of the molecule is CC(C)(C)NC[C@H](O)c1cc(Br)no1. The topological polar surface area (TPSA) is 58.3 Å². The van der Waals surface area contributed by atoms with E-state index in [1.54, 1.807) is 6.07 Å². The lowest BCUT2D eigenvalue weighted by Crippen LogP contribution is -2.38. The van der Waals surface area contributed by atoms with Gasteiger partial charge in [-0.15, -0.1) is 0 Å². The van der Waals surface area contributed by atoms with Crippen LogP contribution in [0.4, 0.5) is 0 Å². The van der Waals surface area contributed by atoms with Crippen LogP contribution in [0.3, 0.4) is 0 Å². The van der Waals surface area contributed by atoms with Crippen LogP contribution in [0.2, 0.25) is 0 Å². The van der Waals surface area contributed by atoms with Gasteiger partial charge in [0.25, 0.3) is 0 Å². The lowest BCUT2D eigenvalue weighted by atomic mass is 10.1. The number of hydrogen-bond donors (Lipinski definition) is 2. The molecular weight excluding hydrogens is 248 g/mol. The number of halogens is 1. The molecular formula is C9H15BrN2O2. The van der Waals surface area contributed by atoms with Crippen molar-refractivity contribution in [2.45, 2.75) is 32.4 Å². The average Bonchev–Trinajstić information content (AvgIpc) is 2.46. The molecule has 0 radical (unpaired) electrons. The van der Waals surface area contributed by atoms with Gasteiger partial charge in [-0.05, 0) is 36.7 Å². The number of nitrogens with zero attached hydrogens (tertiary/aromatic N) is 1. The van der Waals surface area contributed by atoms with E-state index >= 15 is 0 Å². The van der Waals surface area contributed by atoms with Crippen molar-refractivity contribution in [3.8, 4) is 0 Å². The molecule has 0 aliphatic heterocycles. The summed E-state index contributed by atoms with van der Waals surface area (Å²) < 4.78 is 5.50. The van der Waals surface area contributed by atoms with Gasteiger partial charge in [-0.2, -0.15) is 0 Å². The van der Waals surface area contributed by atoms with Crippen molar-refractivity contribution in [1.82, 2.24) is 10.5 Å². The van der Waals surface area contributed by atoms with Gasteiger partial charge in [0.15, 0.2) is 5.76 Å². The van der Waals surface area contributed by atoms with Gasteiger partial charge < -0.3 is 14.9 Å². The Kier molecular flexibility index (Phi) is 3.69. The van der Waals surface area contributed by atoms with Crippen molar-refractivity contribution in [3.05, 3.63) is 16.4 Å². The zero-order valence-corrected chi connectivity index (χ0v) is 10.1. The van der Waals surface area contributed by atoms with E-state index in [9.17, 15) is 5.11 Å². The highest BCUT2D eigenvalue weighted by Crippen LogP contribution is 2.17. The maximum Gasteiger partial charge on any atom is 0.167 e. The van der Waals surface area contributed by atoms with Crippen LogP contribution in [-0.2, 0) is 0 Å². The monoisotopic (exact) mass is 262 g/mol. The fraction of sp³-hybridized carbons (Fsp3) is 0.667. The Morgan fingerprint density at radius 3 is 2.71 bits per heavy atom. The standard InChI is InChI=1S/C9H15BrN2O2/c1-9(2,3)11-5-6(13)7-4-8(10)12-14-7/h4,6,11,13H,5H2,1-3H3/t6-/m0/s1. The molecule has 5 heteroatoms. The van der Waals surface area contributed by atoms with E-state index in [0.717, 1.165) is 0 Å². The van der Waals surface area contributed by atoms with Gasteiger partial charge in [-0.3, -0.25) is 0 Å². The molecule has 4 nitrogen and oxygen atoms in total. The summed E-state index contributed by atoms with van der Waals surface area (Å²) in [4.78, 5) is 0. The Hall–Kier alpha value is -0.390. The predicted molar refractivity (Wildman–Crippen MR) is 56.9 cm³/mol. The Morgan fingerprint density at radius 2 is 2.29 bits per heavy atom. The molecule has 80 valence electrons. The number of aromatic nitrogens is 1. The van der Waals surface area contributed by atoms with Gasteiger partial charge >= 0.3 is 0 Å². The van der Waals surface area contributed by atoms with Crippen LogP contribution >= 0.6 is 15.9 Å². The van der Waals surface area contributed by atoms with Crippen molar-refractivity contribution in [2.75, 3.05) is 6.54 Å². The molecule has 1 atom stereocenters. The summed E-state index contributed by atoms with van der Waals surface area (Å²) in [6.07, 6.45) is -0.659. The van der Waals surface area contributed by atoms with Crippen molar-refractivity contribution >= 4 is 15.9 Å². The summed E-state index contributed by atoms with van der Waals surface area (Å²) in [5.41, 5.74) is -0.0156. The van der Waals surface area contributed by atoms with Crippen LogP contribution in [0.5, 0.6) is 0 Å². The summed E-state index contributed by atoms with van der Waals surface area (Å²) in [6, 6.07) is 1.66. The normalized spacial score (nSPS) is 14.4. The van der Waals surface area contributed by atoms with Crippen molar-refractivity contribution in [1.29, 1.82) is 0 Å². The molecule has 0 bridgehead atoms. The molecule has 1 aromatic heterocycles. The molecule has 1 heterocycles. The predicted octanol–water partition coefficient (Wildman–Crippen LogP) is 1.86. The fourth-order valence-electron chi connectivity index (χ4n) is 0.927. The highest BCUT2D eigenvalue weighted by molar-refractivity contribution is 9.10. The number of aliphatic hydroxyl groups is 1. The molecule has 14 heavy (non-hydrogen) atoms. The van der Waals surface area contributed by atoms with E-state index in [4.69, 9.17) is 4.52 Å². The summed E-state index contributed by atoms with van der Waals surface area (Å²) in [7, 11) is 0. The van der Waals surface area contributed by atoms with E-state index in [2.05, 4.69) is 26.4 Å². The molecule has 0 saturated heterocycles. The Bertz CT molecular complexity index is 293. The van der Waals surface area contributed by atoms with Gasteiger partial charge in [-0.1, -0.05) is 5.16 Å². The molecule has 1 rings (SSSR count). The number of β-amino-alcohol motifs (C(OH)–C–C–N with tert-alkyl or cyclic N) is 1.